The fourth-order valence-corrected chi connectivity index (χ4v) is 6.54. The molecule has 0 radical (unpaired) electrons. The number of aromatic nitrogens is 3. The summed E-state index contributed by atoms with van der Waals surface area (Å²) < 4.78 is 8.53. The Kier molecular flexibility index (Phi) is 4.99. The maximum Gasteiger partial charge on any atom is 0.235 e. The molecule has 1 aliphatic rings. The van der Waals surface area contributed by atoms with Crippen LogP contribution in [0.1, 0.15) is 18.4 Å². The van der Waals surface area contributed by atoms with Crippen LogP contribution in [-0.4, -0.2) is 14.5 Å². The van der Waals surface area contributed by atoms with Crippen LogP contribution in [0.25, 0.3) is 77.4 Å². The maximum atomic E-state index is 6.31. The molecule has 0 N–H and O–H groups in total. The molecule has 1 aliphatic carbocycles. The number of fused-ring (bicyclic) bond motifs is 8. The molecule has 0 fully saturated rings. The number of furan rings is 1. The average molecular weight is 540 g/mol. The number of rotatable bonds is 3. The van der Waals surface area contributed by atoms with Crippen LogP contribution in [0, 0.1) is 0 Å². The smallest absolute Gasteiger partial charge is 0.235 e. The number of hydrogen-bond donors (Lipinski definition) is 0. The Balaban J connectivity index is 1.35. The SMILES string of the molecule is C1=CCCC(c2ccc(-c3nc(-n4c5ccccc5c5ccc6oc7ccccc7c6c54)nc4ccccc34)cc2)=C1. The number of allylic oxidation sites excluding steroid dienone is 4. The van der Waals surface area contributed by atoms with Crippen LogP contribution in [-0.2, 0) is 0 Å². The molecule has 8 aromatic rings. The van der Waals surface area contributed by atoms with Crippen molar-refractivity contribution < 1.29 is 4.42 Å². The molecule has 4 nitrogen and oxygen atoms in total. The first-order valence-electron chi connectivity index (χ1n) is 14.4. The van der Waals surface area contributed by atoms with Gasteiger partial charge in [0.25, 0.3) is 0 Å². The Hall–Kier alpha value is -5.48. The summed E-state index contributed by atoms with van der Waals surface area (Å²) in [7, 11) is 0. The van der Waals surface area contributed by atoms with Crippen molar-refractivity contribution in [3.05, 3.63) is 133 Å². The van der Waals surface area contributed by atoms with E-state index in [2.05, 4.69) is 114 Å². The van der Waals surface area contributed by atoms with E-state index in [1.54, 1.807) is 0 Å². The number of benzene rings is 5. The van der Waals surface area contributed by atoms with E-state index in [-0.39, 0.29) is 0 Å². The summed E-state index contributed by atoms with van der Waals surface area (Å²) >= 11 is 0. The van der Waals surface area contributed by atoms with Gasteiger partial charge in [-0.25, -0.2) is 9.97 Å². The third-order valence-corrected chi connectivity index (χ3v) is 8.51. The van der Waals surface area contributed by atoms with Crippen molar-refractivity contribution in [2.75, 3.05) is 0 Å². The van der Waals surface area contributed by atoms with E-state index < -0.39 is 0 Å². The zero-order valence-corrected chi connectivity index (χ0v) is 22.8. The molecule has 0 unspecified atom stereocenters. The largest absolute Gasteiger partial charge is 0.456 e. The molecule has 198 valence electrons. The Morgan fingerprint density at radius 2 is 1.38 bits per heavy atom. The van der Waals surface area contributed by atoms with Gasteiger partial charge in [-0.15, -0.1) is 0 Å². The van der Waals surface area contributed by atoms with Gasteiger partial charge in [-0.2, -0.15) is 0 Å². The summed E-state index contributed by atoms with van der Waals surface area (Å²) in [6, 6.07) is 38.1. The quantitative estimate of drug-likeness (QED) is 0.224. The highest BCUT2D eigenvalue weighted by molar-refractivity contribution is 6.24. The molecule has 0 atom stereocenters. The van der Waals surface area contributed by atoms with Gasteiger partial charge in [0.05, 0.1) is 27.6 Å². The predicted octanol–water partition coefficient (Wildman–Crippen LogP) is 10.0. The van der Waals surface area contributed by atoms with Crippen molar-refractivity contribution in [1.29, 1.82) is 0 Å². The highest BCUT2D eigenvalue weighted by Gasteiger charge is 2.21. The lowest BCUT2D eigenvalue weighted by Gasteiger charge is -2.13. The van der Waals surface area contributed by atoms with Gasteiger partial charge in [-0.05, 0) is 54.3 Å². The Morgan fingerprint density at radius 1 is 0.619 bits per heavy atom. The summed E-state index contributed by atoms with van der Waals surface area (Å²) in [6.07, 6.45) is 8.76. The minimum Gasteiger partial charge on any atom is -0.456 e. The van der Waals surface area contributed by atoms with Crippen LogP contribution < -0.4 is 0 Å². The topological polar surface area (TPSA) is 43.9 Å². The Bertz CT molecular complexity index is 2400. The summed E-state index contributed by atoms with van der Waals surface area (Å²) in [4.78, 5) is 10.5. The first-order chi connectivity index (χ1) is 20.8. The maximum absolute atomic E-state index is 6.31. The zero-order chi connectivity index (χ0) is 27.6. The van der Waals surface area contributed by atoms with Crippen molar-refractivity contribution in [1.82, 2.24) is 14.5 Å². The monoisotopic (exact) mass is 539 g/mol. The molecule has 9 rings (SSSR count). The average Bonchev–Trinajstić information content (AvgIpc) is 3.60. The van der Waals surface area contributed by atoms with Crippen molar-refractivity contribution >= 4 is 60.2 Å². The van der Waals surface area contributed by atoms with E-state index in [0.717, 1.165) is 78.7 Å². The van der Waals surface area contributed by atoms with Crippen molar-refractivity contribution in [3.8, 4) is 17.2 Å². The number of nitrogens with zero attached hydrogens (tertiary/aromatic N) is 3. The van der Waals surface area contributed by atoms with E-state index >= 15 is 0 Å². The van der Waals surface area contributed by atoms with Gasteiger partial charge >= 0.3 is 0 Å². The Morgan fingerprint density at radius 3 is 2.24 bits per heavy atom. The van der Waals surface area contributed by atoms with Crippen LogP contribution in [0.4, 0.5) is 0 Å². The van der Waals surface area contributed by atoms with Crippen molar-refractivity contribution in [2.24, 2.45) is 0 Å². The molecule has 3 heterocycles. The molecule has 0 bridgehead atoms. The van der Waals surface area contributed by atoms with E-state index in [0.29, 0.717) is 5.95 Å². The molecule has 0 amide bonds. The third kappa shape index (κ3) is 3.42. The molecular weight excluding hydrogens is 514 g/mol. The molecule has 4 heteroatoms. The van der Waals surface area contributed by atoms with Gasteiger partial charge in [-0.1, -0.05) is 97.1 Å². The van der Waals surface area contributed by atoms with Crippen LogP contribution in [0.2, 0.25) is 0 Å². The lowest BCUT2D eigenvalue weighted by atomic mass is 9.96. The standard InChI is InChI=1S/C38H25N3O/c1-2-10-24(11-3-1)25-18-20-26(21-19-25)36-29-13-4-7-15-31(29)39-38(40-36)41-32-16-8-5-12-27(32)28-22-23-34-35(37(28)41)30-14-6-9-17-33(30)42-34/h1-2,4-10,12-23H,3,11H2. The number of hydrogen-bond acceptors (Lipinski definition) is 3. The van der Waals surface area contributed by atoms with Gasteiger partial charge in [0.15, 0.2) is 0 Å². The predicted molar refractivity (Wildman–Crippen MR) is 173 cm³/mol. The van der Waals surface area contributed by atoms with E-state index in [1.165, 1.54) is 11.1 Å². The molecule has 0 saturated heterocycles. The first-order valence-corrected chi connectivity index (χ1v) is 14.4. The van der Waals surface area contributed by atoms with Gasteiger partial charge in [-0.3, -0.25) is 4.57 Å². The van der Waals surface area contributed by atoms with Gasteiger partial charge in [0.2, 0.25) is 5.95 Å². The van der Waals surface area contributed by atoms with Crippen molar-refractivity contribution in [3.63, 3.8) is 0 Å². The van der Waals surface area contributed by atoms with Crippen LogP contribution in [0.15, 0.2) is 132 Å². The van der Waals surface area contributed by atoms with Crippen LogP contribution in [0.5, 0.6) is 0 Å². The third-order valence-electron chi connectivity index (χ3n) is 8.51. The second kappa shape index (κ2) is 9.02. The van der Waals surface area contributed by atoms with Crippen LogP contribution in [0.3, 0.4) is 0 Å². The molecule has 42 heavy (non-hydrogen) atoms. The fraction of sp³-hybridized carbons (Fsp3) is 0.0526. The molecular formula is C38H25N3O. The second-order valence-electron chi connectivity index (χ2n) is 10.9. The molecule has 5 aromatic carbocycles. The summed E-state index contributed by atoms with van der Waals surface area (Å²) in [6.45, 7) is 0. The highest BCUT2D eigenvalue weighted by atomic mass is 16.3. The second-order valence-corrected chi connectivity index (χ2v) is 10.9. The minimum absolute atomic E-state index is 0.650. The molecule has 0 spiro atoms. The van der Waals surface area contributed by atoms with E-state index in [9.17, 15) is 0 Å². The summed E-state index contributed by atoms with van der Waals surface area (Å²) in [5.41, 5.74) is 9.41. The Labute approximate surface area is 241 Å². The fourth-order valence-electron chi connectivity index (χ4n) is 6.54. The zero-order valence-electron chi connectivity index (χ0n) is 22.8. The van der Waals surface area contributed by atoms with Crippen molar-refractivity contribution in [2.45, 2.75) is 12.8 Å². The minimum atomic E-state index is 0.650. The molecule has 3 aromatic heterocycles. The van der Waals surface area contributed by atoms with Gasteiger partial charge in [0, 0.05) is 27.1 Å². The van der Waals surface area contributed by atoms with Gasteiger partial charge < -0.3 is 4.42 Å². The summed E-state index contributed by atoms with van der Waals surface area (Å²) in [5, 5.41) is 5.52. The normalized spacial score (nSPS) is 13.6. The molecule has 0 saturated carbocycles. The van der Waals surface area contributed by atoms with E-state index in [1.807, 2.05) is 18.2 Å². The lowest BCUT2D eigenvalue weighted by molar-refractivity contribution is 0.669. The van der Waals surface area contributed by atoms with Gasteiger partial charge in [0.1, 0.15) is 11.2 Å². The van der Waals surface area contributed by atoms with E-state index in [4.69, 9.17) is 14.4 Å². The number of para-hydroxylation sites is 3. The molecule has 0 aliphatic heterocycles. The highest BCUT2D eigenvalue weighted by Crippen LogP contribution is 2.41. The lowest BCUT2D eigenvalue weighted by Crippen LogP contribution is -2.03. The first kappa shape index (κ1) is 23.2. The summed E-state index contributed by atoms with van der Waals surface area (Å²) in [5.74, 6) is 0.650. The van der Waals surface area contributed by atoms with Crippen LogP contribution >= 0.6 is 0 Å².